The van der Waals surface area contributed by atoms with E-state index >= 15 is 0 Å². The second-order valence-electron chi connectivity index (χ2n) is 3.41. The number of aliphatic hydroxyl groups is 2. The van der Waals surface area contributed by atoms with Crippen molar-refractivity contribution in [1.29, 1.82) is 0 Å². The van der Waals surface area contributed by atoms with Gasteiger partial charge in [0.05, 0.1) is 6.61 Å². The normalized spacial score (nSPS) is 41.8. The molecule has 1 aliphatic heterocycles. The maximum Gasteiger partial charge on any atom is 0.184 e. The highest BCUT2D eigenvalue weighted by molar-refractivity contribution is 4.90. The molecule has 0 bridgehead atoms. The van der Waals surface area contributed by atoms with E-state index in [9.17, 15) is 10.2 Å². The third kappa shape index (κ3) is 2.66. The Bertz CT molecular complexity index is 187. The lowest BCUT2D eigenvalue weighted by molar-refractivity contribution is -0.295. The van der Waals surface area contributed by atoms with Crippen LogP contribution in [0.25, 0.3) is 0 Å². The molecule has 0 radical (unpaired) electrons. The fraction of sp³-hybridized carbons (Fsp3) is 1.00. The summed E-state index contributed by atoms with van der Waals surface area (Å²) in [7, 11) is 4.46. The number of hydrogen-bond acceptors (Lipinski definition) is 6. The topological polar surface area (TPSA) is 77.4 Å². The predicted molar refractivity (Wildman–Crippen MR) is 50.4 cm³/mol. The molecular formula is C9H18O6. The Morgan fingerprint density at radius 3 is 2.13 bits per heavy atom. The highest BCUT2D eigenvalue weighted by Crippen LogP contribution is 2.24. The molecule has 1 rings (SSSR count). The Kier molecular flexibility index (Phi) is 4.91. The summed E-state index contributed by atoms with van der Waals surface area (Å²) in [5.74, 6) is 0. The summed E-state index contributed by atoms with van der Waals surface area (Å²) in [6, 6.07) is 0. The minimum Gasteiger partial charge on any atom is -0.385 e. The average molecular weight is 222 g/mol. The van der Waals surface area contributed by atoms with Crippen LogP contribution in [0.3, 0.4) is 0 Å². The molecule has 0 aliphatic carbocycles. The molecule has 1 saturated heterocycles. The molecule has 6 nitrogen and oxygen atoms in total. The molecule has 15 heavy (non-hydrogen) atoms. The average Bonchev–Trinajstić information content (AvgIpc) is 2.23. The molecule has 0 unspecified atom stereocenters. The first-order valence-electron chi connectivity index (χ1n) is 4.71. The van der Waals surface area contributed by atoms with Crippen molar-refractivity contribution in [3.05, 3.63) is 0 Å². The summed E-state index contributed by atoms with van der Waals surface area (Å²) >= 11 is 0. The van der Waals surface area contributed by atoms with E-state index < -0.39 is 30.7 Å². The van der Waals surface area contributed by atoms with Gasteiger partial charge in [-0.25, -0.2) is 0 Å². The zero-order chi connectivity index (χ0) is 11.4. The van der Waals surface area contributed by atoms with Crippen LogP contribution in [0.2, 0.25) is 0 Å². The van der Waals surface area contributed by atoms with E-state index in [0.29, 0.717) is 0 Å². The van der Waals surface area contributed by atoms with Gasteiger partial charge in [0.15, 0.2) is 6.29 Å². The molecule has 0 aromatic rings. The zero-order valence-corrected chi connectivity index (χ0v) is 9.12. The molecule has 0 amide bonds. The second kappa shape index (κ2) is 5.74. The van der Waals surface area contributed by atoms with Crippen LogP contribution in [-0.2, 0) is 18.9 Å². The van der Waals surface area contributed by atoms with Crippen LogP contribution in [-0.4, -0.2) is 68.9 Å². The van der Waals surface area contributed by atoms with E-state index in [4.69, 9.17) is 18.9 Å². The van der Waals surface area contributed by atoms with Gasteiger partial charge in [-0.3, -0.25) is 0 Å². The quantitative estimate of drug-likeness (QED) is 0.618. The van der Waals surface area contributed by atoms with Gasteiger partial charge in [-0.05, 0) is 0 Å². The number of rotatable bonds is 4. The van der Waals surface area contributed by atoms with E-state index in [-0.39, 0.29) is 6.61 Å². The van der Waals surface area contributed by atoms with Crippen LogP contribution < -0.4 is 0 Å². The summed E-state index contributed by atoms with van der Waals surface area (Å²) in [5, 5.41) is 19.0. The smallest absolute Gasteiger partial charge is 0.184 e. The molecule has 0 aromatic carbocycles. The van der Waals surface area contributed by atoms with Crippen molar-refractivity contribution in [2.75, 3.05) is 27.9 Å². The van der Waals surface area contributed by atoms with E-state index in [1.165, 1.54) is 21.3 Å². The van der Waals surface area contributed by atoms with Crippen LogP contribution in [0.1, 0.15) is 0 Å². The van der Waals surface area contributed by atoms with Gasteiger partial charge in [-0.2, -0.15) is 0 Å². The Hall–Kier alpha value is -0.240. The molecule has 6 heteroatoms. The summed E-state index contributed by atoms with van der Waals surface area (Å²) in [5.41, 5.74) is 0. The van der Waals surface area contributed by atoms with Crippen molar-refractivity contribution in [2.45, 2.75) is 30.7 Å². The monoisotopic (exact) mass is 222 g/mol. The molecule has 1 aliphatic rings. The van der Waals surface area contributed by atoms with Gasteiger partial charge < -0.3 is 29.2 Å². The Labute approximate surface area is 88.7 Å². The van der Waals surface area contributed by atoms with E-state index in [0.717, 1.165) is 0 Å². The standard InChI is InChI=1S/C9H18O6/c1-12-4-5-7(13-2)8(14-3)6(10)9(11)15-5/h5-11H,4H2,1-3H3/t5-,6-,7+,8-,9+/m1/s1. The van der Waals surface area contributed by atoms with E-state index in [1.54, 1.807) is 0 Å². The Balaban J connectivity index is 2.73. The lowest BCUT2D eigenvalue weighted by Crippen LogP contribution is -2.59. The Morgan fingerprint density at radius 2 is 1.67 bits per heavy atom. The number of hydrogen-bond donors (Lipinski definition) is 2. The van der Waals surface area contributed by atoms with Crippen molar-refractivity contribution in [3.63, 3.8) is 0 Å². The molecule has 1 heterocycles. The molecule has 0 saturated carbocycles. The van der Waals surface area contributed by atoms with Gasteiger partial charge in [0.25, 0.3) is 0 Å². The van der Waals surface area contributed by atoms with Crippen molar-refractivity contribution in [2.24, 2.45) is 0 Å². The molecule has 1 fully saturated rings. The first kappa shape index (κ1) is 12.8. The van der Waals surface area contributed by atoms with Crippen LogP contribution in [0, 0.1) is 0 Å². The lowest BCUT2D eigenvalue weighted by atomic mass is 9.99. The van der Waals surface area contributed by atoms with Gasteiger partial charge in [0.1, 0.15) is 24.4 Å². The molecular weight excluding hydrogens is 204 g/mol. The van der Waals surface area contributed by atoms with Gasteiger partial charge in [-0.1, -0.05) is 0 Å². The highest BCUT2D eigenvalue weighted by atomic mass is 16.7. The zero-order valence-electron chi connectivity index (χ0n) is 9.12. The minimum absolute atomic E-state index is 0.266. The van der Waals surface area contributed by atoms with Crippen molar-refractivity contribution >= 4 is 0 Å². The molecule has 90 valence electrons. The third-order valence-corrected chi connectivity index (χ3v) is 2.51. The van der Waals surface area contributed by atoms with Crippen molar-refractivity contribution in [1.82, 2.24) is 0 Å². The summed E-state index contributed by atoms with van der Waals surface area (Å²) in [6.45, 7) is 0.266. The maximum absolute atomic E-state index is 9.60. The van der Waals surface area contributed by atoms with Gasteiger partial charge >= 0.3 is 0 Å². The Morgan fingerprint density at radius 1 is 1.07 bits per heavy atom. The van der Waals surface area contributed by atoms with Crippen LogP contribution in [0.5, 0.6) is 0 Å². The molecule has 0 spiro atoms. The SMILES string of the molecule is COC[C@H]1O[C@H](O)[C@H](O)[C@@H](OC)[C@H]1OC. The van der Waals surface area contributed by atoms with Crippen molar-refractivity contribution < 1.29 is 29.2 Å². The maximum atomic E-state index is 9.60. The fourth-order valence-electron chi connectivity index (χ4n) is 1.76. The molecule has 5 atom stereocenters. The first-order chi connectivity index (χ1) is 7.15. The summed E-state index contributed by atoms with van der Waals surface area (Å²) in [4.78, 5) is 0. The van der Waals surface area contributed by atoms with Gasteiger partial charge in [0.2, 0.25) is 0 Å². The molecule has 0 aromatic heterocycles. The highest BCUT2D eigenvalue weighted by Gasteiger charge is 2.45. The third-order valence-electron chi connectivity index (χ3n) is 2.51. The second-order valence-corrected chi connectivity index (χ2v) is 3.41. The van der Waals surface area contributed by atoms with Gasteiger partial charge in [-0.15, -0.1) is 0 Å². The first-order valence-corrected chi connectivity index (χ1v) is 4.71. The fourth-order valence-corrected chi connectivity index (χ4v) is 1.76. The largest absolute Gasteiger partial charge is 0.385 e. The summed E-state index contributed by atoms with van der Waals surface area (Å²) in [6.07, 6.45) is -3.94. The van der Waals surface area contributed by atoms with Crippen LogP contribution in [0.15, 0.2) is 0 Å². The lowest BCUT2D eigenvalue weighted by Gasteiger charge is -2.41. The van der Waals surface area contributed by atoms with Crippen LogP contribution in [0.4, 0.5) is 0 Å². The number of aliphatic hydroxyl groups excluding tert-OH is 2. The van der Waals surface area contributed by atoms with E-state index in [2.05, 4.69) is 0 Å². The number of ether oxygens (including phenoxy) is 4. The number of methoxy groups -OCH3 is 3. The molecule has 2 N–H and O–H groups in total. The van der Waals surface area contributed by atoms with Crippen molar-refractivity contribution in [3.8, 4) is 0 Å². The van der Waals surface area contributed by atoms with E-state index in [1.807, 2.05) is 0 Å². The predicted octanol–water partition coefficient (Wildman–Crippen LogP) is -1.26. The van der Waals surface area contributed by atoms with Crippen LogP contribution >= 0.6 is 0 Å². The van der Waals surface area contributed by atoms with Gasteiger partial charge in [0, 0.05) is 21.3 Å². The minimum atomic E-state index is -1.28. The summed E-state index contributed by atoms with van der Waals surface area (Å²) < 4.78 is 20.3.